The van der Waals surface area contributed by atoms with Crippen LogP contribution in [0.15, 0.2) is 29.2 Å². The summed E-state index contributed by atoms with van der Waals surface area (Å²) >= 11 is 0. The van der Waals surface area contributed by atoms with E-state index in [4.69, 9.17) is 9.72 Å². The molecule has 0 aliphatic carbocycles. The largest absolute Gasteiger partial charge is 0.468 e. The highest BCUT2D eigenvalue weighted by Gasteiger charge is 2.29. The van der Waals surface area contributed by atoms with E-state index in [1.807, 2.05) is 4.68 Å². The molecule has 1 atom stereocenters. The van der Waals surface area contributed by atoms with Gasteiger partial charge in [0.1, 0.15) is 11.9 Å². The summed E-state index contributed by atoms with van der Waals surface area (Å²) in [4.78, 5) is 16.7. The number of nitrogens with zero attached hydrogens (tertiary/aromatic N) is 3. The smallest absolute Gasteiger partial charge is 0.324 e. The van der Waals surface area contributed by atoms with E-state index in [1.54, 1.807) is 38.1 Å². The summed E-state index contributed by atoms with van der Waals surface area (Å²) in [6, 6.07) is 5.70. The highest BCUT2D eigenvalue weighted by Crippen LogP contribution is 2.16. The van der Waals surface area contributed by atoms with Gasteiger partial charge in [0, 0.05) is 12.8 Å². The molecule has 0 aliphatic rings. The number of sulfonamides is 1. The molecule has 0 amide bonds. The van der Waals surface area contributed by atoms with Gasteiger partial charge in [-0.3, -0.25) is 4.79 Å². The number of unbranched alkanes of at least 4 members (excludes halogenated alkanes) is 2. The average Bonchev–Trinajstić information content (AvgIpc) is 3.15. The first-order valence-corrected chi connectivity index (χ1v) is 12.8. The van der Waals surface area contributed by atoms with Crippen molar-refractivity contribution in [2.45, 2.75) is 83.7 Å². The van der Waals surface area contributed by atoms with Gasteiger partial charge in [0.25, 0.3) is 0 Å². The van der Waals surface area contributed by atoms with Gasteiger partial charge in [0.2, 0.25) is 10.0 Å². The standard InChI is InChI=1S/C23H36N4O4S/c1-6-8-10-20-24-21(11-9-7-2)27(25-20)16-18-12-14-19(15-13-18)32(29,30)26-22(17(3)4)23(28)31-5/h12-15,17,22,26H,6-11,16H2,1-5H3/t22-/m0/s1. The molecule has 0 radical (unpaired) electrons. The topological polar surface area (TPSA) is 103 Å². The van der Waals surface area contributed by atoms with E-state index in [0.717, 1.165) is 55.7 Å². The molecule has 0 saturated heterocycles. The van der Waals surface area contributed by atoms with E-state index in [-0.39, 0.29) is 10.8 Å². The monoisotopic (exact) mass is 464 g/mol. The van der Waals surface area contributed by atoms with Crippen molar-refractivity contribution in [2.24, 2.45) is 5.92 Å². The molecule has 8 nitrogen and oxygen atoms in total. The lowest BCUT2D eigenvalue weighted by molar-refractivity contribution is -0.143. The Hall–Kier alpha value is -2.26. The van der Waals surface area contributed by atoms with Crippen molar-refractivity contribution in [1.82, 2.24) is 19.5 Å². The zero-order valence-corrected chi connectivity index (χ0v) is 20.6. The van der Waals surface area contributed by atoms with Crippen LogP contribution in [0.4, 0.5) is 0 Å². The SMILES string of the molecule is CCCCc1nc(CCCC)n(Cc2ccc(S(=O)(=O)N[C@H](C(=O)OC)C(C)C)cc2)n1. The number of methoxy groups -OCH3 is 1. The molecule has 1 N–H and O–H groups in total. The minimum Gasteiger partial charge on any atom is -0.468 e. The van der Waals surface area contributed by atoms with Crippen LogP contribution in [-0.2, 0) is 38.9 Å². The maximum atomic E-state index is 12.8. The number of aromatic nitrogens is 3. The van der Waals surface area contributed by atoms with E-state index in [9.17, 15) is 13.2 Å². The van der Waals surface area contributed by atoms with Gasteiger partial charge in [0.05, 0.1) is 18.6 Å². The Labute approximate surface area is 191 Å². The Morgan fingerprint density at radius 1 is 1.09 bits per heavy atom. The van der Waals surface area contributed by atoms with Gasteiger partial charge >= 0.3 is 5.97 Å². The van der Waals surface area contributed by atoms with E-state index in [1.165, 1.54) is 7.11 Å². The first kappa shape index (κ1) is 26.0. The summed E-state index contributed by atoms with van der Waals surface area (Å²) in [5, 5.41) is 4.68. The van der Waals surface area contributed by atoms with Gasteiger partial charge in [-0.05, 0) is 36.5 Å². The second kappa shape index (κ2) is 12.1. The molecule has 1 aromatic carbocycles. The summed E-state index contributed by atoms with van der Waals surface area (Å²) in [5.74, 6) is 0.982. The fraction of sp³-hybridized carbons (Fsp3) is 0.609. The summed E-state index contributed by atoms with van der Waals surface area (Å²) in [5.41, 5.74) is 0.932. The highest BCUT2D eigenvalue weighted by molar-refractivity contribution is 7.89. The van der Waals surface area contributed by atoms with Crippen molar-refractivity contribution in [3.05, 3.63) is 41.5 Å². The number of carbonyl (C=O) groups excluding carboxylic acids is 1. The minimum absolute atomic E-state index is 0.101. The number of hydrogen-bond acceptors (Lipinski definition) is 6. The summed E-state index contributed by atoms with van der Waals surface area (Å²) in [6.45, 7) is 8.35. The third-order valence-corrected chi connectivity index (χ3v) is 6.73. The fourth-order valence-electron chi connectivity index (χ4n) is 3.28. The number of esters is 1. The molecule has 0 bridgehead atoms. The predicted molar refractivity (Wildman–Crippen MR) is 124 cm³/mol. The average molecular weight is 465 g/mol. The van der Waals surface area contributed by atoms with Gasteiger partial charge < -0.3 is 4.74 Å². The van der Waals surface area contributed by atoms with Crippen LogP contribution >= 0.6 is 0 Å². The number of rotatable bonds is 13. The van der Waals surface area contributed by atoms with Crippen LogP contribution in [0.25, 0.3) is 0 Å². The predicted octanol–water partition coefficient (Wildman–Crippen LogP) is 3.49. The van der Waals surface area contributed by atoms with Crippen LogP contribution in [0.1, 0.15) is 70.6 Å². The molecule has 32 heavy (non-hydrogen) atoms. The van der Waals surface area contributed by atoms with Crippen molar-refractivity contribution < 1.29 is 17.9 Å². The molecular weight excluding hydrogens is 428 g/mol. The Balaban J connectivity index is 2.18. The molecule has 178 valence electrons. The van der Waals surface area contributed by atoms with Crippen LogP contribution in [0.5, 0.6) is 0 Å². The van der Waals surface area contributed by atoms with Crippen molar-refractivity contribution in [2.75, 3.05) is 7.11 Å². The quantitative estimate of drug-likeness (QED) is 0.455. The second-order valence-electron chi connectivity index (χ2n) is 8.32. The molecule has 1 aromatic heterocycles. The molecule has 0 spiro atoms. The number of aryl methyl sites for hydroxylation is 2. The Kier molecular flexibility index (Phi) is 9.84. The highest BCUT2D eigenvalue weighted by atomic mass is 32.2. The van der Waals surface area contributed by atoms with E-state index >= 15 is 0 Å². The number of ether oxygens (including phenoxy) is 1. The first-order valence-electron chi connectivity index (χ1n) is 11.3. The van der Waals surface area contributed by atoms with E-state index < -0.39 is 22.0 Å². The third-order valence-electron chi connectivity index (χ3n) is 5.27. The van der Waals surface area contributed by atoms with E-state index in [0.29, 0.717) is 6.54 Å². The van der Waals surface area contributed by atoms with Crippen LogP contribution in [-0.4, -0.2) is 42.3 Å². The number of benzene rings is 1. The maximum absolute atomic E-state index is 12.8. The van der Waals surface area contributed by atoms with Crippen LogP contribution < -0.4 is 4.72 Å². The summed E-state index contributed by atoms with van der Waals surface area (Å²) < 4.78 is 34.6. The van der Waals surface area contributed by atoms with Gasteiger partial charge in [0.15, 0.2) is 5.82 Å². The molecule has 0 saturated carbocycles. The Bertz CT molecular complexity index is 968. The molecule has 0 aliphatic heterocycles. The van der Waals surface area contributed by atoms with E-state index in [2.05, 4.69) is 23.7 Å². The third kappa shape index (κ3) is 7.13. The van der Waals surface area contributed by atoms with Crippen molar-refractivity contribution >= 4 is 16.0 Å². The Morgan fingerprint density at radius 2 is 1.72 bits per heavy atom. The zero-order chi connectivity index (χ0) is 23.7. The summed E-state index contributed by atoms with van der Waals surface area (Å²) in [6.07, 6.45) is 6.01. The lowest BCUT2D eigenvalue weighted by atomic mass is 10.1. The zero-order valence-electron chi connectivity index (χ0n) is 19.8. The molecule has 1 heterocycles. The molecule has 0 fully saturated rings. The number of nitrogens with one attached hydrogen (secondary N) is 1. The van der Waals surface area contributed by atoms with Gasteiger partial charge in [-0.1, -0.05) is 52.7 Å². The molecular formula is C23H36N4O4S. The normalized spacial score (nSPS) is 12.8. The van der Waals surface area contributed by atoms with Crippen molar-refractivity contribution in [3.8, 4) is 0 Å². The van der Waals surface area contributed by atoms with Gasteiger partial charge in [-0.15, -0.1) is 0 Å². The molecule has 0 unspecified atom stereocenters. The van der Waals surface area contributed by atoms with Gasteiger partial charge in [-0.25, -0.2) is 18.1 Å². The van der Waals surface area contributed by atoms with Crippen LogP contribution in [0.3, 0.4) is 0 Å². The Morgan fingerprint density at radius 3 is 2.28 bits per heavy atom. The first-order chi connectivity index (χ1) is 15.2. The molecule has 2 rings (SSSR count). The number of carbonyl (C=O) groups is 1. The second-order valence-corrected chi connectivity index (χ2v) is 10.0. The lowest BCUT2D eigenvalue weighted by Gasteiger charge is -2.19. The number of hydrogen-bond donors (Lipinski definition) is 1. The molecule has 9 heteroatoms. The minimum atomic E-state index is -3.86. The van der Waals surface area contributed by atoms with Crippen molar-refractivity contribution in [1.29, 1.82) is 0 Å². The van der Waals surface area contributed by atoms with Crippen LogP contribution in [0.2, 0.25) is 0 Å². The van der Waals surface area contributed by atoms with Crippen molar-refractivity contribution in [3.63, 3.8) is 0 Å². The van der Waals surface area contributed by atoms with Crippen LogP contribution in [0, 0.1) is 5.92 Å². The molecule has 2 aromatic rings. The maximum Gasteiger partial charge on any atom is 0.324 e. The fourth-order valence-corrected chi connectivity index (χ4v) is 4.61. The summed E-state index contributed by atoms with van der Waals surface area (Å²) in [7, 11) is -2.62. The lowest BCUT2D eigenvalue weighted by Crippen LogP contribution is -2.44. The van der Waals surface area contributed by atoms with Gasteiger partial charge in [-0.2, -0.15) is 9.82 Å².